The Bertz CT molecular complexity index is 427. The van der Waals surface area contributed by atoms with Gasteiger partial charge in [0, 0.05) is 11.3 Å². The number of hydrogen-bond acceptors (Lipinski definition) is 4. The summed E-state index contributed by atoms with van der Waals surface area (Å²) in [5.74, 6) is -0.593. The molecule has 0 spiro atoms. The number of halogens is 3. The number of pyridine rings is 1. The van der Waals surface area contributed by atoms with Gasteiger partial charge in [0.2, 0.25) is 0 Å². The molecule has 0 fully saturated rings. The number of nitrogens with zero attached hydrogens (tertiary/aromatic N) is 1. The van der Waals surface area contributed by atoms with Crippen molar-refractivity contribution in [1.82, 2.24) is 4.98 Å². The zero-order chi connectivity index (χ0) is 13.0. The van der Waals surface area contributed by atoms with E-state index in [1.807, 2.05) is 0 Å². The van der Waals surface area contributed by atoms with Gasteiger partial charge in [-0.2, -0.15) is 0 Å². The van der Waals surface area contributed by atoms with Crippen molar-refractivity contribution in [3.63, 3.8) is 0 Å². The molecule has 4 nitrogen and oxygen atoms in total. The Labute approximate surface area is 111 Å². The summed E-state index contributed by atoms with van der Waals surface area (Å²) in [6.45, 7) is 1.84. The second kappa shape index (κ2) is 6.08. The summed E-state index contributed by atoms with van der Waals surface area (Å²) < 4.78 is 30.6. The summed E-state index contributed by atoms with van der Waals surface area (Å²) in [4.78, 5) is 15.0. The van der Waals surface area contributed by atoms with E-state index in [-0.39, 0.29) is 24.3 Å². The van der Waals surface area contributed by atoms with Crippen molar-refractivity contribution >= 4 is 34.2 Å². The van der Waals surface area contributed by atoms with E-state index in [0.29, 0.717) is 3.70 Å². The number of nitrogens with two attached hydrogens (primary N) is 1. The van der Waals surface area contributed by atoms with Gasteiger partial charge in [0.1, 0.15) is 9.39 Å². The number of carbonyl (C=O) groups excluding carboxylic acids is 1. The number of alkyl halides is 2. The number of carbonyl (C=O) groups is 1. The Balaban J connectivity index is 3.08. The molecule has 1 aromatic heterocycles. The van der Waals surface area contributed by atoms with Gasteiger partial charge >= 0.3 is 5.97 Å². The van der Waals surface area contributed by atoms with Crippen molar-refractivity contribution in [2.75, 3.05) is 12.3 Å². The molecule has 94 valence electrons. The number of esters is 1. The van der Waals surface area contributed by atoms with Crippen LogP contribution in [0.3, 0.4) is 0 Å². The van der Waals surface area contributed by atoms with Crippen molar-refractivity contribution in [3.05, 3.63) is 21.0 Å². The smallest absolute Gasteiger partial charge is 0.310 e. The normalized spacial score (nSPS) is 10.6. The molecule has 0 aliphatic heterocycles. The van der Waals surface area contributed by atoms with Crippen LogP contribution < -0.4 is 5.73 Å². The van der Waals surface area contributed by atoms with Crippen molar-refractivity contribution in [2.45, 2.75) is 19.8 Å². The Kier molecular flexibility index (Phi) is 5.03. The largest absolute Gasteiger partial charge is 0.466 e. The van der Waals surface area contributed by atoms with E-state index in [1.54, 1.807) is 29.5 Å². The van der Waals surface area contributed by atoms with Crippen LogP contribution in [0.25, 0.3) is 0 Å². The summed E-state index contributed by atoms with van der Waals surface area (Å²) in [6.07, 6.45) is -3.06. The van der Waals surface area contributed by atoms with Crippen LogP contribution in [0.15, 0.2) is 6.07 Å². The highest BCUT2D eigenvalue weighted by molar-refractivity contribution is 14.1. The standard InChI is InChI=1S/C10H11F2IN2O2/c1-2-17-8(16)3-5-6(14)4-7(13)15-9(5)10(11)12/h4,10H,2-3H2,1H3,(H2,14,15). The Morgan fingerprint density at radius 3 is 2.82 bits per heavy atom. The highest BCUT2D eigenvalue weighted by Gasteiger charge is 2.20. The van der Waals surface area contributed by atoms with Gasteiger partial charge in [-0.1, -0.05) is 0 Å². The van der Waals surface area contributed by atoms with Gasteiger partial charge in [-0.3, -0.25) is 4.79 Å². The first-order valence-electron chi connectivity index (χ1n) is 4.84. The van der Waals surface area contributed by atoms with E-state index in [2.05, 4.69) is 4.98 Å². The molecule has 2 N–H and O–H groups in total. The number of rotatable bonds is 4. The molecular formula is C10H11F2IN2O2. The maximum absolute atomic E-state index is 12.8. The molecule has 0 aliphatic rings. The lowest BCUT2D eigenvalue weighted by molar-refractivity contribution is -0.142. The summed E-state index contributed by atoms with van der Waals surface area (Å²) in [7, 11) is 0. The fraction of sp³-hybridized carbons (Fsp3) is 0.400. The van der Waals surface area contributed by atoms with E-state index >= 15 is 0 Å². The number of aromatic nitrogens is 1. The minimum Gasteiger partial charge on any atom is -0.466 e. The molecule has 0 bridgehead atoms. The second-order valence-corrected chi connectivity index (χ2v) is 4.29. The van der Waals surface area contributed by atoms with E-state index in [4.69, 9.17) is 10.5 Å². The van der Waals surface area contributed by atoms with Crippen LogP contribution in [0.5, 0.6) is 0 Å². The molecule has 0 aromatic carbocycles. The molecule has 0 amide bonds. The number of anilines is 1. The van der Waals surface area contributed by atoms with Gasteiger partial charge in [-0.15, -0.1) is 0 Å². The van der Waals surface area contributed by atoms with E-state index in [1.165, 1.54) is 6.07 Å². The van der Waals surface area contributed by atoms with Crippen molar-refractivity contribution in [1.29, 1.82) is 0 Å². The fourth-order valence-electron chi connectivity index (χ4n) is 1.31. The first-order chi connectivity index (χ1) is 7.95. The predicted octanol–water partition coefficient (Wildman–Crippen LogP) is 2.31. The summed E-state index contributed by atoms with van der Waals surface area (Å²) in [6, 6.07) is 1.45. The maximum Gasteiger partial charge on any atom is 0.310 e. The summed E-state index contributed by atoms with van der Waals surface area (Å²) in [5.41, 5.74) is 5.34. The molecule has 0 atom stereocenters. The highest BCUT2D eigenvalue weighted by Crippen LogP contribution is 2.27. The second-order valence-electron chi connectivity index (χ2n) is 3.18. The predicted molar refractivity (Wildman–Crippen MR) is 66.7 cm³/mol. The quantitative estimate of drug-likeness (QED) is 0.511. The molecule has 0 unspecified atom stereocenters. The lowest BCUT2D eigenvalue weighted by Gasteiger charge is -2.11. The van der Waals surface area contributed by atoms with Crippen LogP contribution in [0.4, 0.5) is 14.5 Å². The number of ether oxygens (including phenoxy) is 1. The molecule has 1 rings (SSSR count). The molecule has 0 saturated heterocycles. The topological polar surface area (TPSA) is 65.2 Å². The Morgan fingerprint density at radius 2 is 2.29 bits per heavy atom. The van der Waals surface area contributed by atoms with Crippen LogP contribution in [-0.4, -0.2) is 17.6 Å². The third-order valence-electron chi connectivity index (χ3n) is 1.99. The van der Waals surface area contributed by atoms with Crippen LogP contribution in [0.2, 0.25) is 0 Å². The van der Waals surface area contributed by atoms with E-state index < -0.39 is 18.1 Å². The van der Waals surface area contributed by atoms with Gasteiger partial charge in [-0.05, 0) is 35.6 Å². The molecule has 1 aromatic rings. The zero-order valence-electron chi connectivity index (χ0n) is 9.04. The minimum atomic E-state index is -2.77. The lowest BCUT2D eigenvalue weighted by Crippen LogP contribution is -2.13. The third-order valence-corrected chi connectivity index (χ3v) is 2.55. The van der Waals surface area contributed by atoms with Crippen LogP contribution in [-0.2, 0) is 16.0 Å². The lowest BCUT2D eigenvalue weighted by atomic mass is 10.1. The monoisotopic (exact) mass is 356 g/mol. The van der Waals surface area contributed by atoms with Crippen LogP contribution in [0.1, 0.15) is 24.6 Å². The van der Waals surface area contributed by atoms with Gasteiger partial charge in [0.25, 0.3) is 6.43 Å². The fourth-order valence-corrected chi connectivity index (χ4v) is 1.90. The van der Waals surface area contributed by atoms with Gasteiger partial charge < -0.3 is 10.5 Å². The molecule has 0 saturated carbocycles. The van der Waals surface area contributed by atoms with Gasteiger partial charge in [0.15, 0.2) is 0 Å². The molecular weight excluding hydrogens is 345 g/mol. The highest BCUT2D eigenvalue weighted by atomic mass is 127. The minimum absolute atomic E-state index is 0.0406. The van der Waals surface area contributed by atoms with Crippen LogP contribution >= 0.6 is 22.6 Å². The molecule has 0 radical (unpaired) electrons. The molecule has 7 heteroatoms. The summed E-state index contributed by atoms with van der Waals surface area (Å²) in [5, 5.41) is 0. The first-order valence-corrected chi connectivity index (χ1v) is 5.92. The molecule has 17 heavy (non-hydrogen) atoms. The van der Waals surface area contributed by atoms with Crippen molar-refractivity contribution in [3.8, 4) is 0 Å². The average Bonchev–Trinajstić information content (AvgIpc) is 2.21. The number of hydrogen-bond donors (Lipinski definition) is 1. The SMILES string of the molecule is CCOC(=O)Cc1c(N)cc(I)nc1C(F)F. The van der Waals surface area contributed by atoms with Gasteiger partial charge in [0.05, 0.1) is 13.0 Å². The zero-order valence-corrected chi connectivity index (χ0v) is 11.2. The van der Waals surface area contributed by atoms with Crippen molar-refractivity contribution < 1.29 is 18.3 Å². The van der Waals surface area contributed by atoms with E-state index in [9.17, 15) is 13.6 Å². The Morgan fingerprint density at radius 1 is 1.65 bits per heavy atom. The van der Waals surface area contributed by atoms with Crippen LogP contribution in [0, 0.1) is 3.70 Å². The van der Waals surface area contributed by atoms with Gasteiger partial charge in [-0.25, -0.2) is 13.8 Å². The third kappa shape index (κ3) is 3.76. The molecule has 1 heterocycles. The Hall–Kier alpha value is -0.990. The molecule has 0 aliphatic carbocycles. The first kappa shape index (κ1) is 14.1. The average molecular weight is 356 g/mol. The maximum atomic E-state index is 12.8. The number of nitrogen functional groups attached to an aromatic ring is 1. The summed E-state index contributed by atoms with van der Waals surface area (Å²) >= 11 is 1.79. The van der Waals surface area contributed by atoms with E-state index in [0.717, 1.165) is 0 Å². The van der Waals surface area contributed by atoms with Crippen molar-refractivity contribution in [2.24, 2.45) is 0 Å².